The van der Waals surface area contributed by atoms with Gasteiger partial charge < -0.3 is 15.2 Å². The molecule has 2 aliphatic rings. The standard InChI is InChI=1S/C12H23NO2/c13-12(10-4-2-1-3-5-10)9-15-11-6-7-14-8-11/h10-12H,1-9,13H2. The van der Waals surface area contributed by atoms with Gasteiger partial charge in [0.15, 0.2) is 0 Å². The van der Waals surface area contributed by atoms with E-state index >= 15 is 0 Å². The lowest BCUT2D eigenvalue weighted by molar-refractivity contribution is 0.0242. The molecule has 15 heavy (non-hydrogen) atoms. The number of ether oxygens (including phenoxy) is 2. The predicted molar refractivity (Wildman–Crippen MR) is 59.7 cm³/mol. The van der Waals surface area contributed by atoms with Crippen molar-refractivity contribution in [3.8, 4) is 0 Å². The zero-order chi connectivity index (χ0) is 10.5. The van der Waals surface area contributed by atoms with E-state index in [4.69, 9.17) is 15.2 Å². The Morgan fingerprint density at radius 2 is 2.00 bits per heavy atom. The van der Waals surface area contributed by atoms with Crippen LogP contribution in [-0.4, -0.2) is 32.0 Å². The van der Waals surface area contributed by atoms with Crippen LogP contribution >= 0.6 is 0 Å². The molecule has 0 aromatic heterocycles. The summed E-state index contributed by atoms with van der Waals surface area (Å²) < 4.78 is 11.0. The summed E-state index contributed by atoms with van der Waals surface area (Å²) in [6, 6.07) is 0.242. The van der Waals surface area contributed by atoms with Crippen LogP contribution in [0.4, 0.5) is 0 Å². The average molecular weight is 213 g/mol. The largest absolute Gasteiger partial charge is 0.379 e. The molecule has 0 spiro atoms. The Bertz CT molecular complexity index is 174. The molecule has 1 saturated carbocycles. The second-order valence-corrected chi connectivity index (χ2v) is 4.88. The molecule has 2 N–H and O–H groups in total. The van der Waals surface area contributed by atoms with Crippen molar-refractivity contribution in [2.24, 2.45) is 11.7 Å². The maximum atomic E-state index is 6.16. The van der Waals surface area contributed by atoms with Crippen molar-refractivity contribution in [1.29, 1.82) is 0 Å². The smallest absolute Gasteiger partial charge is 0.0831 e. The van der Waals surface area contributed by atoms with E-state index in [0.29, 0.717) is 12.0 Å². The zero-order valence-corrected chi connectivity index (χ0v) is 9.49. The molecule has 2 atom stereocenters. The van der Waals surface area contributed by atoms with Crippen LogP contribution < -0.4 is 5.73 Å². The molecule has 0 amide bonds. The van der Waals surface area contributed by atoms with E-state index in [1.807, 2.05) is 0 Å². The second kappa shape index (κ2) is 5.83. The minimum absolute atomic E-state index is 0.242. The van der Waals surface area contributed by atoms with Gasteiger partial charge in [0.1, 0.15) is 0 Å². The van der Waals surface area contributed by atoms with Crippen LogP contribution in [0.15, 0.2) is 0 Å². The van der Waals surface area contributed by atoms with Gasteiger partial charge in [-0.2, -0.15) is 0 Å². The van der Waals surface area contributed by atoms with E-state index in [9.17, 15) is 0 Å². The second-order valence-electron chi connectivity index (χ2n) is 4.88. The summed E-state index contributed by atoms with van der Waals surface area (Å²) in [7, 11) is 0. The van der Waals surface area contributed by atoms with Gasteiger partial charge in [0.2, 0.25) is 0 Å². The minimum atomic E-state index is 0.242. The lowest BCUT2D eigenvalue weighted by Crippen LogP contribution is -2.37. The highest BCUT2D eigenvalue weighted by molar-refractivity contribution is 4.77. The summed E-state index contributed by atoms with van der Waals surface area (Å²) in [6.07, 6.45) is 8.03. The highest BCUT2D eigenvalue weighted by Crippen LogP contribution is 2.26. The first-order valence-corrected chi connectivity index (χ1v) is 6.31. The first-order valence-electron chi connectivity index (χ1n) is 6.31. The Balaban J connectivity index is 1.64. The summed E-state index contributed by atoms with van der Waals surface area (Å²) in [5, 5.41) is 0. The fourth-order valence-electron chi connectivity index (χ4n) is 2.59. The van der Waals surface area contributed by atoms with Crippen LogP contribution in [0.3, 0.4) is 0 Å². The SMILES string of the molecule is NC(COC1CCOC1)C1CCCCC1. The van der Waals surface area contributed by atoms with Crippen molar-refractivity contribution < 1.29 is 9.47 Å². The van der Waals surface area contributed by atoms with E-state index in [-0.39, 0.29) is 6.04 Å². The molecule has 2 rings (SSSR count). The quantitative estimate of drug-likeness (QED) is 0.773. The molecule has 2 fully saturated rings. The fourth-order valence-corrected chi connectivity index (χ4v) is 2.59. The number of rotatable bonds is 4. The first kappa shape index (κ1) is 11.4. The van der Waals surface area contributed by atoms with Crippen LogP contribution in [0.2, 0.25) is 0 Å². The molecule has 0 bridgehead atoms. The van der Waals surface area contributed by atoms with Gasteiger partial charge in [0, 0.05) is 12.6 Å². The van der Waals surface area contributed by atoms with Crippen LogP contribution in [0, 0.1) is 5.92 Å². The molecule has 1 aliphatic carbocycles. The molecule has 0 radical (unpaired) electrons. The number of nitrogens with two attached hydrogens (primary N) is 1. The van der Waals surface area contributed by atoms with Gasteiger partial charge in [0.05, 0.1) is 19.3 Å². The first-order chi connectivity index (χ1) is 7.36. The Morgan fingerprint density at radius 1 is 1.20 bits per heavy atom. The van der Waals surface area contributed by atoms with Crippen LogP contribution in [0.5, 0.6) is 0 Å². The topological polar surface area (TPSA) is 44.5 Å². The molecule has 0 aromatic rings. The van der Waals surface area contributed by atoms with Crippen molar-refractivity contribution in [2.75, 3.05) is 19.8 Å². The Labute approximate surface area is 92.3 Å². The van der Waals surface area contributed by atoms with Gasteiger partial charge in [-0.1, -0.05) is 19.3 Å². The van der Waals surface area contributed by atoms with Crippen molar-refractivity contribution in [3.63, 3.8) is 0 Å². The molecule has 1 heterocycles. The van der Waals surface area contributed by atoms with E-state index in [2.05, 4.69) is 0 Å². The third-order valence-electron chi connectivity index (χ3n) is 3.67. The lowest BCUT2D eigenvalue weighted by atomic mass is 9.84. The summed E-state index contributed by atoms with van der Waals surface area (Å²) in [5.74, 6) is 0.695. The van der Waals surface area contributed by atoms with Gasteiger partial charge in [0.25, 0.3) is 0 Å². The van der Waals surface area contributed by atoms with Crippen molar-refractivity contribution in [1.82, 2.24) is 0 Å². The van der Waals surface area contributed by atoms with Crippen LogP contribution in [0.1, 0.15) is 38.5 Å². The predicted octanol–water partition coefficient (Wildman–Crippen LogP) is 1.70. The summed E-state index contributed by atoms with van der Waals surface area (Å²) in [5.41, 5.74) is 6.16. The molecule has 1 saturated heterocycles. The van der Waals surface area contributed by atoms with Gasteiger partial charge in [-0.15, -0.1) is 0 Å². The molecular weight excluding hydrogens is 190 g/mol. The monoisotopic (exact) mass is 213 g/mol. The summed E-state index contributed by atoms with van der Waals surface area (Å²) in [6.45, 7) is 2.33. The molecule has 0 aromatic carbocycles. The normalized spacial score (nSPS) is 30.6. The van der Waals surface area contributed by atoms with E-state index in [0.717, 1.165) is 26.2 Å². The molecule has 2 unspecified atom stereocenters. The van der Waals surface area contributed by atoms with E-state index in [1.165, 1.54) is 32.1 Å². The van der Waals surface area contributed by atoms with Gasteiger partial charge in [-0.3, -0.25) is 0 Å². The summed E-state index contributed by atoms with van der Waals surface area (Å²) in [4.78, 5) is 0. The van der Waals surface area contributed by atoms with E-state index in [1.54, 1.807) is 0 Å². The van der Waals surface area contributed by atoms with Gasteiger partial charge in [-0.25, -0.2) is 0 Å². The molecule has 88 valence electrons. The molecular formula is C12H23NO2. The van der Waals surface area contributed by atoms with Crippen molar-refractivity contribution in [2.45, 2.75) is 50.7 Å². The van der Waals surface area contributed by atoms with Crippen molar-refractivity contribution in [3.05, 3.63) is 0 Å². The highest BCUT2D eigenvalue weighted by Gasteiger charge is 2.23. The minimum Gasteiger partial charge on any atom is -0.379 e. The van der Waals surface area contributed by atoms with E-state index < -0.39 is 0 Å². The lowest BCUT2D eigenvalue weighted by Gasteiger charge is -2.28. The van der Waals surface area contributed by atoms with Gasteiger partial charge >= 0.3 is 0 Å². The number of hydrogen-bond acceptors (Lipinski definition) is 3. The average Bonchev–Trinajstić information content (AvgIpc) is 2.80. The highest BCUT2D eigenvalue weighted by atomic mass is 16.5. The third kappa shape index (κ3) is 3.44. The Hall–Kier alpha value is -0.120. The maximum Gasteiger partial charge on any atom is 0.0831 e. The van der Waals surface area contributed by atoms with Crippen LogP contribution in [-0.2, 0) is 9.47 Å². The Kier molecular flexibility index (Phi) is 4.42. The zero-order valence-electron chi connectivity index (χ0n) is 9.49. The molecule has 1 aliphatic heterocycles. The third-order valence-corrected chi connectivity index (χ3v) is 3.67. The van der Waals surface area contributed by atoms with Crippen molar-refractivity contribution >= 4 is 0 Å². The Morgan fingerprint density at radius 3 is 2.67 bits per heavy atom. The fraction of sp³-hybridized carbons (Fsp3) is 1.00. The molecule has 3 nitrogen and oxygen atoms in total. The maximum absolute atomic E-state index is 6.16. The number of hydrogen-bond donors (Lipinski definition) is 1. The van der Waals surface area contributed by atoms with Crippen LogP contribution in [0.25, 0.3) is 0 Å². The van der Waals surface area contributed by atoms with Gasteiger partial charge in [-0.05, 0) is 25.2 Å². The summed E-state index contributed by atoms with van der Waals surface area (Å²) >= 11 is 0. The molecule has 3 heteroatoms.